The van der Waals surface area contributed by atoms with Crippen LogP contribution in [0.25, 0.3) is 0 Å². The van der Waals surface area contributed by atoms with E-state index in [0.717, 1.165) is 38.2 Å². The summed E-state index contributed by atoms with van der Waals surface area (Å²) in [5.41, 5.74) is 7.19. The number of hydrogen-bond donors (Lipinski definition) is 1. The van der Waals surface area contributed by atoms with Gasteiger partial charge in [0.15, 0.2) is 0 Å². The third-order valence-electron chi connectivity index (χ3n) is 4.01. The zero-order chi connectivity index (χ0) is 15.4. The van der Waals surface area contributed by atoms with Crippen molar-refractivity contribution in [2.45, 2.75) is 25.4 Å². The van der Waals surface area contributed by atoms with Gasteiger partial charge < -0.3 is 10.5 Å². The van der Waals surface area contributed by atoms with Crippen molar-refractivity contribution in [1.82, 2.24) is 4.90 Å². The molecule has 116 valence electrons. The van der Waals surface area contributed by atoms with Crippen LogP contribution in [0.3, 0.4) is 0 Å². The number of rotatable bonds is 4. The fourth-order valence-electron chi connectivity index (χ4n) is 2.67. The van der Waals surface area contributed by atoms with E-state index in [0.29, 0.717) is 11.8 Å². The number of benzene rings is 2. The Hall–Kier alpha value is -1.91. The molecule has 0 amide bonds. The smallest absolute Gasteiger partial charge is 0.127 e. The number of hydrogen-bond acceptors (Lipinski definition) is 3. The molecule has 3 rings (SSSR count). The van der Waals surface area contributed by atoms with Crippen LogP contribution in [0.1, 0.15) is 18.4 Å². The van der Waals surface area contributed by atoms with Crippen molar-refractivity contribution in [3.05, 3.63) is 59.9 Å². The molecule has 0 unspecified atom stereocenters. The Morgan fingerprint density at radius 1 is 0.955 bits per heavy atom. The van der Waals surface area contributed by atoms with E-state index >= 15 is 0 Å². The van der Waals surface area contributed by atoms with Crippen LogP contribution >= 0.6 is 0 Å². The van der Waals surface area contributed by atoms with Gasteiger partial charge >= 0.3 is 0 Å². The molecule has 2 aromatic carbocycles. The number of ether oxygens (including phenoxy) is 1. The molecule has 1 saturated heterocycles. The lowest BCUT2D eigenvalue weighted by molar-refractivity contribution is 0.205. The van der Waals surface area contributed by atoms with Gasteiger partial charge in [-0.3, -0.25) is 4.90 Å². The number of nitrogens with zero attached hydrogens (tertiary/aromatic N) is 1. The fourth-order valence-corrected chi connectivity index (χ4v) is 2.67. The van der Waals surface area contributed by atoms with Crippen molar-refractivity contribution < 1.29 is 9.13 Å². The second-order valence-electron chi connectivity index (χ2n) is 5.81. The van der Waals surface area contributed by atoms with Gasteiger partial charge in [-0.25, -0.2) is 4.39 Å². The van der Waals surface area contributed by atoms with Gasteiger partial charge in [0, 0.05) is 12.6 Å². The van der Waals surface area contributed by atoms with Gasteiger partial charge in [0.1, 0.15) is 17.3 Å². The summed E-state index contributed by atoms with van der Waals surface area (Å²) in [5.74, 6) is 1.14. The normalized spacial score (nSPS) is 16.6. The summed E-state index contributed by atoms with van der Waals surface area (Å²) in [5, 5.41) is 0. The second-order valence-corrected chi connectivity index (χ2v) is 5.81. The van der Waals surface area contributed by atoms with Gasteiger partial charge in [-0.2, -0.15) is 0 Å². The Balaban J connectivity index is 1.57. The minimum absolute atomic E-state index is 0.260. The molecule has 1 aliphatic rings. The Kier molecular flexibility index (Phi) is 4.71. The number of nitrogens with two attached hydrogens (primary N) is 1. The molecule has 0 aliphatic carbocycles. The van der Waals surface area contributed by atoms with Crippen LogP contribution in [0.4, 0.5) is 4.39 Å². The molecule has 0 atom stereocenters. The van der Waals surface area contributed by atoms with E-state index in [1.165, 1.54) is 17.7 Å². The van der Waals surface area contributed by atoms with Crippen LogP contribution in [0, 0.1) is 5.82 Å². The molecule has 2 N–H and O–H groups in total. The van der Waals surface area contributed by atoms with E-state index in [2.05, 4.69) is 17.0 Å². The molecular weight excluding hydrogens is 279 g/mol. The molecule has 2 aromatic rings. The van der Waals surface area contributed by atoms with Gasteiger partial charge in [-0.05, 0) is 67.9 Å². The molecule has 0 aromatic heterocycles. The second kappa shape index (κ2) is 6.90. The summed E-state index contributed by atoms with van der Waals surface area (Å²) in [6.45, 7) is 3.08. The van der Waals surface area contributed by atoms with Crippen molar-refractivity contribution in [3.63, 3.8) is 0 Å². The maximum atomic E-state index is 12.9. The average molecular weight is 300 g/mol. The molecule has 0 bridgehead atoms. The number of piperidine rings is 1. The molecule has 1 aliphatic heterocycles. The minimum atomic E-state index is -0.260. The summed E-state index contributed by atoms with van der Waals surface area (Å²) in [6.07, 6.45) is 2.15. The van der Waals surface area contributed by atoms with Crippen LogP contribution in [-0.4, -0.2) is 24.0 Å². The van der Waals surface area contributed by atoms with Crippen LogP contribution < -0.4 is 10.5 Å². The molecule has 3 nitrogen and oxygen atoms in total. The van der Waals surface area contributed by atoms with Gasteiger partial charge in [0.25, 0.3) is 0 Å². The van der Waals surface area contributed by atoms with Gasteiger partial charge in [0.05, 0.1) is 0 Å². The first-order valence-corrected chi connectivity index (χ1v) is 7.69. The lowest BCUT2D eigenvalue weighted by atomic mass is 10.1. The molecule has 1 heterocycles. The summed E-state index contributed by atoms with van der Waals surface area (Å²) in [7, 11) is 0. The lowest BCUT2D eigenvalue weighted by Crippen LogP contribution is -2.39. The first-order valence-electron chi connectivity index (χ1n) is 7.69. The van der Waals surface area contributed by atoms with Crippen molar-refractivity contribution >= 4 is 0 Å². The Morgan fingerprint density at radius 3 is 2.09 bits per heavy atom. The molecular formula is C18H21FN2O. The van der Waals surface area contributed by atoms with Crippen molar-refractivity contribution in [1.29, 1.82) is 0 Å². The highest BCUT2D eigenvalue weighted by molar-refractivity contribution is 5.33. The quantitative estimate of drug-likeness (QED) is 0.938. The minimum Gasteiger partial charge on any atom is -0.457 e. The van der Waals surface area contributed by atoms with E-state index < -0.39 is 0 Å². The van der Waals surface area contributed by atoms with Crippen LogP contribution in [0.5, 0.6) is 11.5 Å². The highest BCUT2D eigenvalue weighted by atomic mass is 19.1. The predicted octanol–water partition coefficient (Wildman–Crippen LogP) is 3.54. The maximum Gasteiger partial charge on any atom is 0.127 e. The van der Waals surface area contributed by atoms with Crippen LogP contribution in [-0.2, 0) is 6.54 Å². The maximum absolute atomic E-state index is 12.9. The summed E-state index contributed by atoms with van der Waals surface area (Å²) < 4.78 is 18.6. The predicted molar refractivity (Wildman–Crippen MR) is 85.4 cm³/mol. The molecule has 0 radical (unpaired) electrons. The highest BCUT2D eigenvalue weighted by Gasteiger charge is 2.15. The summed E-state index contributed by atoms with van der Waals surface area (Å²) >= 11 is 0. The molecule has 4 heteroatoms. The Bertz CT molecular complexity index is 589. The summed E-state index contributed by atoms with van der Waals surface area (Å²) in [4.78, 5) is 2.43. The topological polar surface area (TPSA) is 38.5 Å². The average Bonchev–Trinajstić information content (AvgIpc) is 2.54. The Labute approximate surface area is 130 Å². The van der Waals surface area contributed by atoms with Gasteiger partial charge in [-0.15, -0.1) is 0 Å². The van der Waals surface area contributed by atoms with E-state index in [1.807, 2.05) is 12.1 Å². The monoisotopic (exact) mass is 300 g/mol. The lowest BCUT2D eigenvalue weighted by Gasteiger charge is -2.30. The zero-order valence-corrected chi connectivity index (χ0v) is 12.5. The van der Waals surface area contributed by atoms with E-state index in [4.69, 9.17) is 10.5 Å². The van der Waals surface area contributed by atoms with Crippen LogP contribution in [0.15, 0.2) is 48.5 Å². The van der Waals surface area contributed by atoms with E-state index in [-0.39, 0.29) is 5.82 Å². The highest BCUT2D eigenvalue weighted by Crippen LogP contribution is 2.22. The third-order valence-corrected chi connectivity index (χ3v) is 4.01. The van der Waals surface area contributed by atoms with Crippen molar-refractivity contribution in [2.24, 2.45) is 5.73 Å². The molecule has 22 heavy (non-hydrogen) atoms. The van der Waals surface area contributed by atoms with Crippen molar-refractivity contribution in [2.75, 3.05) is 13.1 Å². The number of halogens is 1. The van der Waals surface area contributed by atoms with Gasteiger partial charge in [-0.1, -0.05) is 12.1 Å². The molecule has 0 saturated carbocycles. The zero-order valence-electron chi connectivity index (χ0n) is 12.5. The number of likely N-dealkylation sites (tertiary alicyclic amines) is 1. The standard InChI is InChI=1S/C18H21FN2O/c19-15-3-7-18(8-4-15)22-17-5-1-14(2-6-17)13-21-11-9-16(20)10-12-21/h1-8,16H,9-13,20H2. The van der Waals surface area contributed by atoms with E-state index in [9.17, 15) is 4.39 Å². The SMILES string of the molecule is NC1CCN(Cc2ccc(Oc3ccc(F)cc3)cc2)CC1. The van der Waals surface area contributed by atoms with Crippen LogP contribution in [0.2, 0.25) is 0 Å². The third kappa shape index (κ3) is 4.06. The van der Waals surface area contributed by atoms with Gasteiger partial charge in [0.2, 0.25) is 0 Å². The largest absolute Gasteiger partial charge is 0.457 e. The molecule has 1 fully saturated rings. The molecule has 0 spiro atoms. The first-order chi connectivity index (χ1) is 10.7. The van der Waals surface area contributed by atoms with Crippen molar-refractivity contribution in [3.8, 4) is 11.5 Å². The summed E-state index contributed by atoms with van der Waals surface area (Å²) in [6, 6.07) is 14.5. The Morgan fingerprint density at radius 2 is 1.50 bits per heavy atom. The fraction of sp³-hybridized carbons (Fsp3) is 0.333. The first kappa shape index (κ1) is 15.0. The van der Waals surface area contributed by atoms with E-state index in [1.54, 1.807) is 12.1 Å².